The number of halogens is 2. The van der Waals surface area contributed by atoms with Gasteiger partial charge >= 0.3 is 0 Å². The van der Waals surface area contributed by atoms with Crippen molar-refractivity contribution in [2.24, 2.45) is 11.7 Å². The number of aromatic nitrogens is 1. The zero-order chi connectivity index (χ0) is 17.1. The Kier molecular flexibility index (Phi) is 8.04. The largest absolute Gasteiger partial charge is 0.325 e. The number of nitriles is 1. The molecule has 2 atom stereocenters. The van der Waals surface area contributed by atoms with E-state index in [0.29, 0.717) is 11.3 Å². The third-order valence-electron chi connectivity index (χ3n) is 4.48. The summed E-state index contributed by atoms with van der Waals surface area (Å²) in [4.78, 5) is 16.9. The van der Waals surface area contributed by atoms with Gasteiger partial charge < -0.3 is 11.1 Å². The van der Waals surface area contributed by atoms with E-state index in [-0.39, 0.29) is 42.7 Å². The third-order valence-corrected chi connectivity index (χ3v) is 4.48. The van der Waals surface area contributed by atoms with Crippen LogP contribution in [0.1, 0.15) is 43.5 Å². The number of nitrogens with one attached hydrogen (secondary N) is 1. The fourth-order valence-corrected chi connectivity index (χ4v) is 2.97. The summed E-state index contributed by atoms with van der Waals surface area (Å²) in [5, 5.41) is 12.1. The van der Waals surface area contributed by atoms with Crippen LogP contribution >= 0.6 is 24.8 Å². The van der Waals surface area contributed by atoms with Crippen molar-refractivity contribution >= 4 is 36.4 Å². The summed E-state index contributed by atoms with van der Waals surface area (Å²) in [5.41, 5.74) is 10.1. The molecule has 0 radical (unpaired) electrons. The molecule has 2 bridgehead atoms. The van der Waals surface area contributed by atoms with Crippen LogP contribution in [0.2, 0.25) is 0 Å². The molecule has 2 heterocycles. The predicted octanol–water partition coefficient (Wildman–Crippen LogP) is 4.22. The van der Waals surface area contributed by atoms with Gasteiger partial charge in [-0.05, 0) is 42.7 Å². The van der Waals surface area contributed by atoms with Crippen molar-refractivity contribution < 1.29 is 4.79 Å². The second-order valence-electron chi connectivity index (χ2n) is 6.27. The first kappa shape index (κ1) is 21.9. The van der Waals surface area contributed by atoms with Gasteiger partial charge in [0.15, 0.2) is 0 Å². The van der Waals surface area contributed by atoms with Crippen molar-refractivity contribution in [1.82, 2.24) is 4.98 Å². The highest BCUT2D eigenvalue weighted by atomic mass is 35.5. The molecule has 0 fully saturated rings. The van der Waals surface area contributed by atoms with Crippen LogP contribution in [0.25, 0.3) is 11.1 Å². The summed E-state index contributed by atoms with van der Waals surface area (Å²) >= 11 is 0. The molecule has 1 aromatic carbocycles. The van der Waals surface area contributed by atoms with Crippen molar-refractivity contribution in [3.05, 3.63) is 47.8 Å². The Balaban J connectivity index is 0.00000169. The normalized spacial score (nSPS) is 19.2. The number of benzene rings is 1. The van der Waals surface area contributed by atoms with E-state index in [0.717, 1.165) is 36.1 Å². The standard InChI is InChI=1S/C19H20N4O.2ClH/c1-12-3-2-4-16(21)18-10-14(7-8-22-18)15-6-5-13(11-20)9-17(15)23-19(12)24;;/h5-10,12,16H,2-4,21H2,1H3,(H,23,24);2*1H/t12-,16+;;/m1../s1. The molecule has 3 N–H and O–H groups in total. The molecular weight excluding hydrogens is 371 g/mol. The van der Waals surface area contributed by atoms with Gasteiger partial charge in [0.05, 0.1) is 17.3 Å². The van der Waals surface area contributed by atoms with E-state index in [1.54, 1.807) is 18.3 Å². The molecule has 0 saturated carbocycles. The number of nitrogens with two attached hydrogens (primary N) is 1. The predicted molar refractivity (Wildman–Crippen MR) is 107 cm³/mol. The maximum atomic E-state index is 12.5. The molecule has 7 heteroatoms. The summed E-state index contributed by atoms with van der Waals surface area (Å²) in [7, 11) is 0. The first-order valence-corrected chi connectivity index (χ1v) is 8.15. The number of fused-ring (bicyclic) bond motifs is 4. The average molecular weight is 393 g/mol. The molecule has 26 heavy (non-hydrogen) atoms. The van der Waals surface area contributed by atoms with E-state index < -0.39 is 0 Å². The molecule has 0 saturated heterocycles. The van der Waals surface area contributed by atoms with E-state index in [9.17, 15) is 4.79 Å². The van der Waals surface area contributed by atoms with Crippen LogP contribution in [-0.4, -0.2) is 10.9 Å². The molecular formula is C19H22Cl2N4O. The third kappa shape index (κ3) is 4.73. The van der Waals surface area contributed by atoms with Crippen LogP contribution in [0.15, 0.2) is 36.5 Å². The smallest absolute Gasteiger partial charge is 0.227 e. The Hall–Kier alpha value is -2.13. The minimum absolute atomic E-state index is 0. The minimum atomic E-state index is -0.138. The van der Waals surface area contributed by atoms with E-state index in [1.165, 1.54) is 0 Å². The zero-order valence-electron chi connectivity index (χ0n) is 14.4. The lowest BCUT2D eigenvalue weighted by Crippen LogP contribution is -2.22. The molecule has 0 unspecified atom stereocenters. The number of hydrogen-bond acceptors (Lipinski definition) is 4. The Bertz CT molecular complexity index is 819. The molecule has 138 valence electrons. The quantitative estimate of drug-likeness (QED) is 0.701. The van der Waals surface area contributed by atoms with Crippen LogP contribution in [0.3, 0.4) is 0 Å². The lowest BCUT2D eigenvalue weighted by atomic mass is 9.95. The monoisotopic (exact) mass is 392 g/mol. The Morgan fingerprint density at radius 1 is 1.23 bits per heavy atom. The van der Waals surface area contributed by atoms with Crippen molar-refractivity contribution in [3.8, 4) is 17.2 Å². The highest BCUT2D eigenvalue weighted by molar-refractivity contribution is 5.97. The number of pyridine rings is 1. The molecule has 3 rings (SSSR count). The van der Waals surface area contributed by atoms with Crippen molar-refractivity contribution in [2.75, 3.05) is 5.32 Å². The first-order chi connectivity index (χ1) is 11.6. The number of rotatable bonds is 0. The van der Waals surface area contributed by atoms with Gasteiger partial charge in [0.25, 0.3) is 0 Å². The number of hydrogen-bond donors (Lipinski definition) is 2. The molecule has 2 aromatic rings. The van der Waals surface area contributed by atoms with Gasteiger partial charge in [-0.1, -0.05) is 19.4 Å². The SMILES string of the molecule is C[C@@H]1CCC[C@H](N)c2cc(ccn2)-c2ccc(C#N)cc2NC1=O.Cl.Cl. The van der Waals surface area contributed by atoms with Crippen molar-refractivity contribution in [3.63, 3.8) is 0 Å². The molecule has 1 aliphatic rings. The van der Waals surface area contributed by atoms with Crippen LogP contribution in [-0.2, 0) is 4.79 Å². The van der Waals surface area contributed by atoms with Gasteiger partial charge in [-0.2, -0.15) is 5.26 Å². The second-order valence-corrected chi connectivity index (χ2v) is 6.27. The highest BCUT2D eigenvalue weighted by Gasteiger charge is 2.19. The molecule has 1 aliphatic heterocycles. The summed E-state index contributed by atoms with van der Waals surface area (Å²) < 4.78 is 0. The van der Waals surface area contributed by atoms with Gasteiger partial charge in [0, 0.05) is 29.4 Å². The fraction of sp³-hybridized carbons (Fsp3) is 0.316. The number of carbonyl (C=O) groups is 1. The summed E-state index contributed by atoms with van der Waals surface area (Å²) in [5.74, 6) is -0.142. The van der Waals surface area contributed by atoms with Gasteiger partial charge in [0.2, 0.25) is 5.91 Å². The summed E-state index contributed by atoms with van der Waals surface area (Å²) in [6, 6.07) is 11.2. The average Bonchev–Trinajstić information content (AvgIpc) is 2.60. The van der Waals surface area contributed by atoms with Crippen LogP contribution in [0.4, 0.5) is 5.69 Å². The van der Waals surface area contributed by atoms with Crippen LogP contribution in [0, 0.1) is 17.2 Å². The highest BCUT2D eigenvalue weighted by Crippen LogP contribution is 2.32. The maximum absolute atomic E-state index is 12.5. The van der Waals surface area contributed by atoms with E-state index in [1.807, 2.05) is 25.1 Å². The van der Waals surface area contributed by atoms with Gasteiger partial charge in [0.1, 0.15) is 0 Å². The van der Waals surface area contributed by atoms with Gasteiger partial charge in [-0.15, -0.1) is 24.8 Å². The van der Waals surface area contributed by atoms with Crippen LogP contribution in [0.5, 0.6) is 0 Å². The Morgan fingerprint density at radius 3 is 2.73 bits per heavy atom. The topological polar surface area (TPSA) is 91.8 Å². The number of anilines is 1. The van der Waals surface area contributed by atoms with Crippen molar-refractivity contribution in [1.29, 1.82) is 5.26 Å². The summed E-state index contributed by atoms with van der Waals surface area (Å²) in [6.45, 7) is 1.91. The number of nitrogens with zero attached hydrogens (tertiary/aromatic N) is 2. The minimum Gasteiger partial charge on any atom is -0.325 e. The van der Waals surface area contributed by atoms with E-state index >= 15 is 0 Å². The van der Waals surface area contributed by atoms with E-state index in [4.69, 9.17) is 11.0 Å². The molecule has 1 amide bonds. The van der Waals surface area contributed by atoms with E-state index in [2.05, 4.69) is 16.4 Å². The maximum Gasteiger partial charge on any atom is 0.227 e. The molecule has 5 nitrogen and oxygen atoms in total. The zero-order valence-corrected chi connectivity index (χ0v) is 16.1. The van der Waals surface area contributed by atoms with Crippen LogP contribution < -0.4 is 11.1 Å². The Labute approximate surface area is 165 Å². The second kappa shape index (κ2) is 9.54. The Morgan fingerprint density at radius 2 is 2.00 bits per heavy atom. The lowest BCUT2D eigenvalue weighted by molar-refractivity contribution is -0.119. The first-order valence-electron chi connectivity index (χ1n) is 8.15. The number of carbonyl (C=O) groups excluding carboxylic acids is 1. The molecule has 0 aliphatic carbocycles. The summed E-state index contributed by atoms with van der Waals surface area (Å²) in [6.07, 6.45) is 4.18. The van der Waals surface area contributed by atoms with Crippen molar-refractivity contribution in [2.45, 2.75) is 32.2 Å². The number of amides is 1. The van der Waals surface area contributed by atoms with Gasteiger partial charge in [-0.25, -0.2) is 0 Å². The molecule has 1 aromatic heterocycles. The lowest BCUT2D eigenvalue weighted by Gasteiger charge is -2.19. The van der Waals surface area contributed by atoms with Gasteiger partial charge in [-0.3, -0.25) is 9.78 Å². The molecule has 0 spiro atoms. The fourth-order valence-electron chi connectivity index (χ4n) is 2.97.